The quantitative estimate of drug-likeness (QED) is 0.709. The Morgan fingerprint density at radius 3 is 2.42 bits per heavy atom. The third-order valence-corrected chi connectivity index (χ3v) is 3.48. The molecule has 2 aromatic carbocycles. The first-order valence-electron chi connectivity index (χ1n) is 5.15. The van der Waals surface area contributed by atoms with Crippen LogP contribution in [0.25, 0.3) is 0 Å². The van der Waals surface area contributed by atoms with Gasteiger partial charge in [0, 0.05) is 5.69 Å². The minimum absolute atomic E-state index is 0.0408. The number of nitrogens with two attached hydrogens (primary N) is 2. The smallest absolute Gasteiger partial charge is 0.169 e. The SMILES string of the molecule is Nc1cc(N)c(Nc2ccc(Br)c(F)c2)c(F)c1Cl. The number of hydrogen-bond donors (Lipinski definition) is 3. The lowest BCUT2D eigenvalue weighted by atomic mass is 10.2. The predicted octanol–water partition coefficient (Wildman–Crippen LogP) is 4.29. The Labute approximate surface area is 121 Å². The second-order valence-electron chi connectivity index (χ2n) is 3.81. The molecule has 0 saturated carbocycles. The Bertz CT molecular complexity index is 649. The molecule has 0 atom stereocenters. The summed E-state index contributed by atoms with van der Waals surface area (Å²) in [5.74, 6) is -1.26. The molecular formula is C12H9BrClF2N3. The van der Waals surface area contributed by atoms with Gasteiger partial charge in [0.05, 0.1) is 21.5 Å². The van der Waals surface area contributed by atoms with Gasteiger partial charge in [-0.25, -0.2) is 8.78 Å². The van der Waals surface area contributed by atoms with E-state index in [1.807, 2.05) is 0 Å². The van der Waals surface area contributed by atoms with Crippen LogP contribution in [0.3, 0.4) is 0 Å². The van der Waals surface area contributed by atoms with E-state index in [4.69, 9.17) is 23.1 Å². The zero-order valence-corrected chi connectivity index (χ0v) is 11.8. The van der Waals surface area contributed by atoms with Gasteiger partial charge in [0.1, 0.15) is 10.8 Å². The van der Waals surface area contributed by atoms with Crippen LogP contribution in [0.4, 0.5) is 31.5 Å². The highest BCUT2D eigenvalue weighted by Gasteiger charge is 2.14. The van der Waals surface area contributed by atoms with Gasteiger partial charge in [-0.3, -0.25) is 0 Å². The van der Waals surface area contributed by atoms with Crippen molar-refractivity contribution < 1.29 is 8.78 Å². The zero-order chi connectivity index (χ0) is 14.2. The summed E-state index contributed by atoms with van der Waals surface area (Å²) in [5.41, 5.74) is 11.6. The first-order valence-corrected chi connectivity index (χ1v) is 6.32. The van der Waals surface area contributed by atoms with Crippen molar-refractivity contribution in [2.45, 2.75) is 0 Å². The summed E-state index contributed by atoms with van der Waals surface area (Å²) in [5, 5.41) is 2.45. The van der Waals surface area contributed by atoms with Crippen molar-refractivity contribution in [3.8, 4) is 0 Å². The Morgan fingerprint density at radius 2 is 1.79 bits per heavy atom. The number of hydrogen-bond acceptors (Lipinski definition) is 3. The van der Waals surface area contributed by atoms with Crippen LogP contribution in [0, 0.1) is 11.6 Å². The first kappa shape index (κ1) is 13.9. The molecule has 0 aromatic heterocycles. The number of nitrogens with one attached hydrogen (secondary N) is 1. The number of halogens is 4. The highest BCUT2D eigenvalue weighted by Crippen LogP contribution is 2.35. The van der Waals surface area contributed by atoms with Crippen LogP contribution < -0.4 is 16.8 Å². The number of rotatable bonds is 2. The molecule has 0 aliphatic carbocycles. The molecule has 0 spiro atoms. The van der Waals surface area contributed by atoms with Gasteiger partial charge in [0.2, 0.25) is 0 Å². The van der Waals surface area contributed by atoms with Crippen LogP contribution in [0.5, 0.6) is 0 Å². The van der Waals surface area contributed by atoms with Crippen molar-refractivity contribution in [3.05, 3.63) is 45.4 Å². The van der Waals surface area contributed by atoms with Crippen LogP contribution in [-0.4, -0.2) is 0 Å². The Kier molecular flexibility index (Phi) is 3.82. The molecule has 0 heterocycles. The van der Waals surface area contributed by atoms with Gasteiger partial charge < -0.3 is 16.8 Å². The van der Waals surface area contributed by atoms with Gasteiger partial charge in [-0.15, -0.1) is 0 Å². The fourth-order valence-electron chi connectivity index (χ4n) is 1.51. The topological polar surface area (TPSA) is 64.1 Å². The van der Waals surface area contributed by atoms with Crippen LogP contribution in [0.15, 0.2) is 28.7 Å². The first-order chi connectivity index (χ1) is 8.90. The molecule has 2 rings (SSSR count). The third kappa shape index (κ3) is 2.74. The van der Waals surface area contributed by atoms with E-state index in [0.29, 0.717) is 10.2 Å². The molecule has 19 heavy (non-hydrogen) atoms. The lowest BCUT2D eigenvalue weighted by Gasteiger charge is -2.13. The zero-order valence-electron chi connectivity index (χ0n) is 9.48. The van der Waals surface area contributed by atoms with Crippen LogP contribution >= 0.6 is 27.5 Å². The summed E-state index contributed by atoms with van der Waals surface area (Å²) in [6.07, 6.45) is 0. The maximum absolute atomic E-state index is 13.9. The molecule has 0 amide bonds. The summed E-state index contributed by atoms with van der Waals surface area (Å²) in [4.78, 5) is 0. The Hall–Kier alpha value is -1.53. The molecule has 0 fully saturated rings. The van der Waals surface area contributed by atoms with Crippen molar-refractivity contribution >= 4 is 50.3 Å². The molecule has 7 heteroatoms. The summed E-state index contributed by atoms with van der Waals surface area (Å²) in [7, 11) is 0. The number of nitrogen functional groups attached to an aromatic ring is 2. The van der Waals surface area contributed by atoms with Crippen LogP contribution in [0.2, 0.25) is 5.02 Å². The fourth-order valence-corrected chi connectivity index (χ4v) is 1.91. The molecule has 0 saturated heterocycles. The standard InChI is InChI=1S/C12H9BrClF2N3/c13-6-2-1-5(3-7(6)15)19-12-9(18)4-8(17)10(14)11(12)16/h1-4,19H,17-18H2. The van der Waals surface area contributed by atoms with Crippen molar-refractivity contribution in [2.75, 3.05) is 16.8 Å². The van der Waals surface area contributed by atoms with E-state index < -0.39 is 11.6 Å². The van der Waals surface area contributed by atoms with Crippen molar-refractivity contribution in [1.82, 2.24) is 0 Å². The lowest BCUT2D eigenvalue weighted by molar-refractivity contribution is 0.621. The van der Waals surface area contributed by atoms with Crippen molar-refractivity contribution in [3.63, 3.8) is 0 Å². The van der Waals surface area contributed by atoms with E-state index in [0.717, 1.165) is 0 Å². The minimum Gasteiger partial charge on any atom is -0.397 e. The van der Waals surface area contributed by atoms with Crippen molar-refractivity contribution in [1.29, 1.82) is 0 Å². The van der Waals surface area contributed by atoms with E-state index in [-0.39, 0.29) is 22.1 Å². The van der Waals surface area contributed by atoms with Gasteiger partial charge in [0.25, 0.3) is 0 Å². The second kappa shape index (κ2) is 5.22. The van der Waals surface area contributed by atoms with Crippen molar-refractivity contribution in [2.24, 2.45) is 0 Å². The normalized spacial score (nSPS) is 10.5. The van der Waals surface area contributed by atoms with Gasteiger partial charge in [0.15, 0.2) is 5.82 Å². The second-order valence-corrected chi connectivity index (χ2v) is 5.04. The Morgan fingerprint density at radius 1 is 1.11 bits per heavy atom. The molecule has 2 aromatic rings. The molecule has 3 nitrogen and oxygen atoms in total. The molecule has 0 aliphatic rings. The Balaban J connectivity index is 2.43. The fraction of sp³-hybridized carbons (Fsp3) is 0. The van der Waals surface area contributed by atoms with E-state index in [1.54, 1.807) is 6.07 Å². The summed E-state index contributed by atoms with van der Waals surface area (Å²) in [6, 6.07) is 5.59. The average molecular weight is 349 g/mol. The molecular weight excluding hydrogens is 340 g/mol. The summed E-state index contributed by atoms with van der Waals surface area (Å²) >= 11 is 8.73. The maximum Gasteiger partial charge on any atom is 0.169 e. The number of anilines is 4. The predicted molar refractivity (Wildman–Crippen MR) is 77.6 cm³/mol. The molecule has 0 bridgehead atoms. The summed E-state index contributed by atoms with van der Waals surface area (Å²) in [6.45, 7) is 0. The van der Waals surface area contributed by atoms with Crippen LogP contribution in [0.1, 0.15) is 0 Å². The number of benzene rings is 2. The van der Waals surface area contributed by atoms with E-state index in [1.165, 1.54) is 18.2 Å². The maximum atomic E-state index is 13.9. The monoisotopic (exact) mass is 347 g/mol. The van der Waals surface area contributed by atoms with E-state index in [9.17, 15) is 8.78 Å². The highest BCUT2D eigenvalue weighted by molar-refractivity contribution is 9.10. The van der Waals surface area contributed by atoms with Gasteiger partial charge in [-0.05, 0) is 40.2 Å². The van der Waals surface area contributed by atoms with Gasteiger partial charge in [-0.2, -0.15) is 0 Å². The minimum atomic E-state index is -0.775. The van der Waals surface area contributed by atoms with E-state index in [2.05, 4.69) is 21.2 Å². The largest absolute Gasteiger partial charge is 0.397 e. The lowest BCUT2D eigenvalue weighted by Crippen LogP contribution is -2.02. The van der Waals surface area contributed by atoms with Gasteiger partial charge in [-0.1, -0.05) is 11.6 Å². The van der Waals surface area contributed by atoms with E-state index >= 15 is 0 Å². The highest BCUT2D eigenvalue weighted by atomic mass is 79.9. The molecule has 0 unspecified atom stereocenters. The molecule has 100 valence electrons. The molecule has 0 aliphatic heterocycles. The molecule has 0 radical (unpaired) electrons. The van der Waals surface area contributed by atoms with Crippen LogP contribution in [-0.2, 0) is 0 Å². The average Bonchev–Trinajstić information content (AvgIpc) is 2.36. The third-order valence-electron chi connectivity index (χ3n) is 2.45. The molecule has 5 N–H and O–H groups in total. The van der Waals surface area contributed by atoms with Gasteiger partial charge >= 0.3 is 0 Å². The summed E-state index contributed by atoms with van der Waals surface area (Å²) < 4.78 is 27.6.